The summed E-state index contributed by atoms with van der Waals surface area (Å²) >= 11 is 0. The van der Waals surface area contributed by atoms with Crippen LogP contribution in [0.25, 0.3) is 0 Å². The Morgan fingerprint density at radius 1 is 1.17 bits per heavy atom. The molecule has 0 spiro atoms. The van der Waals surface area contributed by atoms with Gasteiger partial charge in [-0.1, -0.05) is 51.1 Å². The molecule has 0 aliphatic rings. The lowest BCUT2D eigenvalue weighted by molar-refractivity contribution is -0.128. The van der Waals surface area contributed by atoms with Crippen molar-refractivity contribution in [2.45, 2.75) is 52.7 Å². The Kier molecular flexibility index (Phi) is 7.23. The zero-order valence-electron chi connectivity index (χ0n) is 14.4. The van der Waals surface area contributed by atoms with Crippen molar-refractivity contribution < 1.29 is 14.7 Å². The second kappa shape index (κ2) is 8.67. The number of rotatable bonds is 7. The van der Waals surface area contributed by atoms with Crippen molar-refractivity contribution in [3.63, 3.8) is 0 Å². The van der Waals surface area contributed by atoms with Crippen molar-refractivity contribution in [2.24, 2.45) is 5.41 Å². The minimum Gasteiger partial charge on any atom is -0.391 e. The number of hydrogen-bond donors (Lipinski definition) is 3. The standard InChI is InChI=1S/C18H28N2O3/c1-13(15(21)12-14-8-6-5-7-9-14)20-16(22)10-11-19-17(23)18(2,3)4/h5-9,13,15,21H,10-12H2,1-4H3,(H,19,23)(H,20,22). The van der Waals surface area contributed by atoms with Crippen molar-refractivity contribution in [1.82, 2.24) is 10.6 Å². The third-order valence-corrected chi connectivity index (χ3v) is 3.57. The number of carbonyl (C=O) groups excluding carboxylic acids is 2. The van der Waals surface area contributed by atoms with Gasteiger partial charge in [0.1, 0.15) is 0 Å². The average Bonchev–Trinajstić information content (AvgIpc) is 2.47. The summed E-state index contributed by atoms with van der Waals surface area (Å²) < 4.78 is 0. The lowest BCUT2D eigenvalue weighted by Gasteiger charge is -2.21. The van der Waals surface area contributed by atoms with Gasteiger partial charge in [-0.05, 0) is 12.5 Å². The molecule has 0 fully saturated rings. The number of carbonyl (C=O) groups is 2. The first-order valence-corrected chi connectivity index (χ1v) is 8.00. The van der Waals surface area contributed by atoms with Crippen LogP contribution in [0.3, 0.4) is 0 Å². The zero-order valence-corrected chi connectivity index (χ0v) is 14.4. The predicted molar refractivity (Wildman–Crippen MR) is 90.8 cm³/mol. The molecule has 0 aromatic heterocycles. The third-order valence-electron chi connectivity index (χ3n) is 3.57. The molecule has 0 saturated carbocycles. The van der Waals surface area contributed by atoms with E-state index in [0.717, 1.165) is 5.56 Å². The van der Waals surface area contributed by atoms with Crippen LogP contribution in [-0.4, -0.2) is 35.6 Å². The molecule has 5 heteroatoms. The smallest absolute Gasteiger partial charge is 0.225 e. The van der Waals surface area contributed by atoms with Crippen LogP contribution in [0.4, 0.5) is 0 Å². The molecule has 0 aliphatic heterocycles. The summed E-state index contributed by atoms with van der Waals surface area (Å²) in [4.78, 5) is 23.6. The van der Waals surface area contributed by atoms with E-state index in [-0.39, 0.29) is 24.3 Å². The highest BCUT2D eigenvalue weighted by Gasteiger charge is 2.21. The molecule has 23 heavy (non-hydrogen) atoms. The normalized spacial score (nSPS) is 14.0. The molecule has 2 unspecified atom stereocenters. The molecule has 0 saturated heterocycles. The van der Waals surface area contributed by atoms with Crippen LogP contribution < -0.4 is 10.6 Å². The Morgan fingerprint density at radius 3 is 2.35 bits per heavy atom. The summed E-state index contributed by atoms with van der Waals surface area (Å²) in [5.74, 6) is -0.263. The maximum absolute atomic E-state index is 11.9. The fourth-order valence-electron chi connectivity index (χ4n) is 2.01. The molecule has 1 rings (SSSR count). The van der Waals surface area contributed by atoms with Gasteiger partial charge in [0.25, 0.3) is 0 Å². The van der Waals surface area contributed by atoms with E-state index in [1.54, 1.807) is 6.92 Å². The van der Waals surface area contributed by atoms with E-state index in [4.69, 9.17) is 0 Å². The maximum Gasteiger partial charge on any atom is 0.225 e. The van der Waals surface area contributed by atoms with Crippen molar-refractivity contribution in [2.75, 3.05) is 6.54 Å². The van der Waals surface area contributed by atoms with E-state index in [1.165, 1.54) is 0 Å². The molecule has 0 radical (unpaired) electrons. The largest absolute Gasteiger partial charge is 0.391 e. The van der Waals surface area contributed by atoms with Gasteiger partial charge in [-0.25, -0.2) is 0 Å². The fourth-order valence-corrected chi connectivity index (χ4v) is 2.01. The van der Waals surface area contributed by atoms with E-state index < -0.39 is 11.5 Å². The number of aliphatic hydroxyl groups is 1. The highest BCUT2D eigenvalue weighted by molar-refractivity contribution is 5.82. The minimum absolute atomic E-state index is 0.0811. The van der Waals surface area contributed by atoms with Gasteiger partial charge < -0.3 is 15.7 Å². The minimum atomic E-state index is -0.648. The maximum atomic E-state index is 11.9. The first kappa shape index (κ1) is 19.2. The molecule has 0 aliphatic carbocycles. The average molecular weight is 320 g/mol. The molecule has 128 valence electrons. The van der Waals surface area contributed by atoms with E-state index >= 15 is 0 Å². The topological polar surface area (TPSA) is 78.4 Å². The van der Waals surface area contributed by atoms with Crippen LogP contribution in [0.5, 0.6) is 0 Å². The van der Waals surface area contributed by atoms with E-state index in [2.05, 4.69) is 10.6 Å². The number of hydrogen-bond acceptors (Lipinski definition) is 3. The number of aliphatic hydroxyl groups excluding tert-OH is 1. The molecule has 1 aromatic rings. The van der Waals surface area contributed by atoms with Crippen LogP contribution in [0.15, 0.2) is 30.3 Å². The van der Waals surface area contributed by atoms with Gasteiger partial charge in [0, 0.05) is 24.8 Å². The number of nitrogens with one attached hydrogen (secondary N) is 2. The van der Waals surface area contributed by atoms with Crippen molar-refractivity contribution in [1.29, 1.82) is 0 Å². The Labute approximate surface area is 138 Å². The summed E-state index contributed by atoms with van der Waals surface area (Å²) in [6.45, 7) is 7.54. The molecule has 2 amide bonds. The Balaban J connectivity index is 2.31. The van der Waals surface area contributed by atoms with Gasteiger partial charge >= 0.3 is 0 Å². The highest BCUT2D eigenvalue weighted by atomic mass is 16.3. The Morgan fingerprint density at radius 2 is 1.78 bits per heavy atom. The van der Waals surface area contributed by atoms with Gasteiger partial charge in [-0.2, -0.15) is 0 Å². The summed E-state index contributed by atoms with van der Waals surface area (Å²) in [7, 11) is 0. The second-order valence-corrected chi connectivity index (χ2v) is 6.87. The zero-order chi connectivity index (χ0) is 17.5. The number of amides is 2. The van der Waals surface area contributed by atoms with Crippen molar-refractivity contribution in [3.8, 4) is 0 Å². The molecule has 3 N–H and O–H groups in total. The SMILES string of the molecule is CC(NC(=O)CCNC(=O)C(C)(C)C)C(O)Cc1ccccc1. The molecule has 5 nitrogen and oxygen atoms in total. The van der Waals surface area contributed by atoms with Gasteiger partial charge in [-0.15, -0.1) is 0 Å². The summed E-state index contributed by atoms with van der Waals surface area (Å²) in [6, 6.07) is 9.31. The first-order chi connectivity index (χ1) is 10.7. The fraction of sp³-hybridized carbons (Fsp3) is 0.556. The second-order valence-electron chi connectivity index (χ2n) is 6.87. The molecular formula is C18H28N2O3. The van der Waals surface area contributed by atoms with E-state index in [9.17, 15) is 14.7 Å². The number of benzene rings is 1. The highest BCUT2D eigenvalue weighted by Crippen LogP contribution is 2.12. The van der Waals surface area contributed by atoms with Crippen LogP contribution in [0.1, 0.15) is 39.7 Å². The van der Waals surface area contributed by atoms with E-state index in [1.807, 2.05) is 51.1 Å². The van der Waals surface area contributed by atoms with Crippen LogP contribution in [0.2, 0.25) is 0 Å². The quantitative estimate of drug-likeness (QED) is 0.715. The molecule has 1 aromatic carbocycles. The van der Waals surface area contributed by atoms with Crippen molar-refractivity contribution in [3.05, 3.63) is 35.9 Å². The molecule has 0 heterocycles. The predicted octanol–water partition coefficient (Wildman–Crippen LogP) is 1.65. The lowest BCUT2D eigenvalue weighted by atomic mass is 9.96. The molecular weight excluding hydrogens is 292 g/mol. The van der Waals surface area contributed by atoms with Crippen molar-refractivity contribution >= 4 is 11.8 Å². The van der Waals surface area contributed by atoms with E-state index in [0.29, 0.717) is 13.0 Å². The Bertz CT molecular complexity index is 509. The van der Waals surface area contributed by atoms with Gasteiger partial charge in [0.2, 0.25) is 11.8 Å². The third kappa shape index (κ3) is 7.28. The van der Waals surface area contributed by atoms with Crippen LogP contribution >= 0.6 is 0 Å². The van der Waals surface area contributed by atoms with Crippen LogP contribution in [-0.2, 0) is 16.0 Å². The molecule has 2 atom stereocenters. The summed E-state index contributed by atoms with van der Waals surface area (Å²) in [6.07, 6.45) is 0.0401. The summed E-state index contributed by atoms with van der Waals surface area (Å²) in [5, 5.41) is 15.7. The lowest BCUT2D eigenvalue weighted by Crippen LogP contribution is -2.43. The first-order valence-electron chi connectivity index (χ1n) is 8.00. The molecule has 0 bridgehead atoms. The monoisotopic (exact) mass is 320 g/mol. The Hall–Kier alpha value is -1.88. The van der Waals surface area contributed by atoms with Gasteiger partial charge in [0.05, 0.1) is 12.1 Å². The van der Waals surface area contributed by atoms with Crippen LogP contribution in [0, 0.1) is 5.41 Å². The summed E-state index contributed by atoms with van der Waals surface area (Å²) in [5.41, 5.74) is 0.564. The van der Waals surface area contributed by atoms with Gasteiger partial charge in [-0.3, -0.25) is 9.59 Å². The van der Waals surface area contributed by atoms with Gasteiger partial charge in [0.15, 0.2) is 0 Å².